The van der Waals surface area contributed by atoms with E-state index in [1.54, 1.807) is 29.1 Å². The molecule has 0 unspecified atom stereocenters. The summed E-state index contributed by atoms with van der Waals surface area (Å²) in [6.07, 6.45) is 4.73. The van der Waals surface area contributed by atoms with Gasteiger partial charge in [-0.2, -0.15) is 5.10 Å². The molecule has 0 saturated carbocycles. The average Bonchev–Trinajstić information content (AvgIpc) is 2.64. The van der Waals surface area contributed by atoms with Crippen molar-refractivity contribution in [1.29, 1.82) is 5.41 Å². The van der Waals surface area contributed by atoms with E-state index >= 15 is 0 Å². The number of hydrogen-bond donors (Lipinski definition) is 3. The second-order valence-electron chi connectivity index (χ2n) is 3.44. The van der Waals surface area contributed by atoms with Crippen molar-refractivity contribution in [1.82, 2.24) is 9.78 Å². The molecule has 2 aromatic rings. The summed E-state index contributed by atoms with van der Waals surface area (Å²) in [6.45, 7) is 0. The summed E-state index contributed by atoms with van der Waals surface area (Å²) >= 11 is 0. The molecule has 1 aromatic carbocycles. The van der Waals surface area contributed by atoms with E-state index in [-0.39, 0.29) is 5.75 Å². The molecule has 0 aliphatic carbocycles. The van der Waals surface area contributed by atoms with Crippen LogP contribution >= 0.6 is 0 Å². The largest absolute Gasteiger partial charge is 0.508 e. The number of rotatable bonds is 3. The number of anilines is 2. The zero-order valence-corrected chi connectivity index (χ0v) is 8.81. The molecule has 0 spiro atoms. The Balaban J connectivity index is 2.32. The highest BCUT2D eigenvalue weighted by molar-refractivity contribution is 5.87. The van der Waals surface area contributed by atoms with Gasteiger partial charge >= 0.3 is 0 Å². The van der Waals surface area contributed by atoms with E-state index in [1.807, 2.05) is 13.2 Å². The topological polar surface area (TPSA) is 73.9 Å². The van der Waals surface area contributed by atoms with Crippen molar-refractivity contribution >= 4 is 17.6 Å². The fourth-order valence-corrected chi connectivity index (χ4v) is 1.42. The molecule has 0 bridgehead atoms. The predicted octanol–water partition coefficient (Wildman–Crippen LogP) is 1.87. The van der Waals surface area contributed by atoms with Crippen molar-refractivity contribution in [3.63, 3.8) is 0 Å². The Morgan fingerprint density at radius 1 is 1.50 bits per heavy atom. The minimum Gasteiger partial charge on any atom is -0.508 e. The van der Waals surface area contributed by atoms with E-state index < -0.39 is 0 Å². The zero-order chi connectivity index (χ0) is 11.5. The van der Waals surface area contributed by atoms with Crippen molar-refractivity contribution in [3.05, 3.63) is 36.2 Å². The van der Waals surface area contributed by atoms with Gasteiger partial charge in [0.2, 0.25) is 0 Å². The van der Waals surface area contributed by atoms with Crippen LogP contribution in [0.15, 0.2) is 30.6 Å². The van der Waals surface area contributed by atoms with Crippen LogP contribution in [0.4, 0.5) is 11.4 Å². The van der Waals surface area contributed by atoms with Crippen LogP contribution in [0.1, 0.15) is 5.56 Å². The van der Waals surface area contributed by atoms with Gasteiger partial charge in [-0.3, -0.25) is 4.68 Å². The third-order valence-corrected chi connectivity index (χ3v) is 2.18. The lowest BCUT2D eigenvalue weighted by Gasteiger charge is -2.07. The van der Waals surface area contributed by atoms with E-state index in [2.05, 4.69) is 10.4 Å². The summed E-state index contributed by atoms with van der Waals surface area (Å²) in [5, 5.41) is 23.8. The van der Waals surface area contributed by atoms with Gasteiger partial charge in [0.15, 0.2) is 0 Å². The average molecular weight is 216 g/mol. The Kier molecular flexibility index (Phi) is 2.59. The normalized spacial score (nSPS) is 10.1. The molecule has 16 heavy (non-hydrogen) atoms. The molecule has 0 fully saturated rings. The minimum atomic E-state index is 0.164. The highest BCUT2D eigenvalue weighted by atomic mass is 16.3. The van der Waals surface area contributed by atoms with Crippen LogP contribution in [0.3, 0.4) is 0 Å². The molecule has 82 valence electrons. The number of aromatic hydroxyl groups is 1. The lowest BCUT2D eigenvalue weighted by molar-refractivity contribution is 0.475. The maximum atomic E-state index is 9.38. The van der Waals surface area contributed by atoms with Crippen molar-refractivity contribution in [2.75, 3.05) is 5.32 Å². The number of phenols is 1. The standard InChI is InChI=1S/C11H12N4O/c1-15-7-9(6-13-15)14-11-4-10(16)3-2-8(11)5-12/h2-7,12,14,16H,1H3. The first-order chi connectivity index (χ1) is 7.69. The van der Waals surface area contributed by atoms with Crippen molar-refractivity contribution in [2.24, 2.45) is 7.05 Å². The van der Waals surface area contributed by atoms with Gasteiger partial charge in [-0.1, -0.05) is 0 Å². The van der Waals surface area contributed by atoms with Crippen molar-refractivity contribution in [3.8, 4) is 5.75 Å². The summed E-state index contributed by atoms with van der Waals surface area (Å²) in [6, 6.07) is 4.81. The number of aryl methyl sites for hydroxylation is 1. The van der Waals surface area contributed by atoms with E-state index in [9.17, 15) is 5.11 Å². The monoisotopic (exact) mass is 216 g/mol. The number of nitrogens with zero attached hydrogens (tertiary/aromatic N) is 2. The minimum absolute atomic E-state index is 0.164. The Hall–Kier alpha value is -2.30. The van der Waals surface area contributed by atoms with Crippen LogP contribution in [0.2, 0.25) is 0 Å². The first kappa shape index (κ1) is 10.2. The highest BCUT2D eigenvalue weighted by Gasteiger charge is 2.03. The molecular formula is C11H12N4O. The summed E-state index contributed by atoms with van der Waals surface area (Å²) in [4.78, 5) is 0. The SMILES string of the molecule is Cn1cc(Nc2cc(O)ccc2C=N)cn1. The van der Waals surface area contributed by atoms with Gasteiger partial charge < -0.3 is 15.8 Å². The van der Waals surface area contributed by atoms with E-state index in [4.69, 9.17) is 5.41 Å². The molecular weight excluding hydrogens is 204 g/mol. The molecule has 5 nitrogen and oxygen atoms in total. The maximum absolute atomic E-state index is 9.38. The van der Waals surface area contributed by atoms with E-state index in [1.165, 1.54) is 6.21 Å². The number of phenolic OH excluding ortho intramolecular Hbond substituents is 1. The highest BCUT2D eigenvalue weighted by Crippen LogP contribution is 2.23. The van der Waals surface area contributed by atoms with Gasteiger partial charge in [0.1, 0.15) is 5.75 Å². The second-order valence-corrected chi connectivity index (χ2v) is 3.44. The summed E-state index contributed by atoms with van der Waals surface area (Å²) in [5.41, 5.74) is 2.21. The third-order valence-electron chi connectivity index (χ3n) is 2.18. The third kappa shape index (κ3) is 2.03. The smallest absolute Gasteiger partial charge is 0.117 e. The number of benzene rings is 1. The lowest BCUT2D eigenvalue weighted by atomic mass is 10.2. The maximum Gasteiger partial charge on any atom is 0.117 e. The first-order valence-electron chi connectivity index (χ1n) is 4.78. The second kappa shape index (κ2) is 4.06. The summed E-state index contributed by atoms with van der Waals surface area (Å²) in [7, 11) is 1.82. The Labute approximate surface area is 92.9 Å². The van der Waals surface area contributed by atoms with E-state index in [0.717, 1.165) is 5.69 Å². The summed E-state index contributed by atoms with van der Waals surface area (Å²) < 4.78 is 1.68. The van der Waals surface area contributed by atoms with Crippen LogP contribution in [-0.2, 0) is 7.05 Å². The van der Waals surface area contributed by atoms with Gasteiger partial charge in [0, 0.05) is 31.1 Å². The number of hydrogen-bond acceptors (Lipinski definition) is 4. The molecule has 0 atom stereocenters. The van der Waals surface area contributed by atoms with Gasteiger partial charge in [0.05, 0.1) is 17.6 Å². The Morgan fingerprint density at radius 2 is 2.31 bits per heavy atom. The van der Waals surface area contributed by atoms with Crippen LogP contribution in [0.25, 0.3) is 0 Å². The molecule has 5 heteroatoms. The fraction of sp³-hybridized carbons (Fsp3) is 0.0909. The Morgan fingerprint density at radius 3 is 2.94 bits per heavy atom. The van der Waals surface area contributed by atoms with Crippen LogP contribution in [0.5, 0.6) is 5.75 Å². The summed E-state index contributed by atoms with van der Waals surface area (Å²) in [5.74, 6) is 0.164. The van der Waals surface area contributed by atoms with Crippen LogP contribution in [0, 0.1) is 5.41 Å². The van der Waals surface area contributed by atoms with E-state index in [0.29, 0.717) is 11.3 Å². The van der Waals surface area contributed by atoms with Crippen molar-refractivity contribution in [2.45, 2.75) is 0 Å². The molecule has 3 N–H and O–H groups in total. The van der Waals surface area contributed by atoms with Gasteiger partial charge in [-0.25, -0.2) is 0 Å². The lowest BCUT2D eigenvalue weighted by Crippen LogP contribution is -1.94. The Bertz CT molecular complexity index is 518. The molecule has 0 saturated heterocycles. The molecule has 2 rings (SSSR count). The molecule has 0 aliphatic rings. The molecule has 1 heterocycles. The zero-order valence-electron chi connectivity index (χ0n) is 8.81. The van der Waals surface area contributed by atoms with Crippen LogP contribution in [-0.4, -0.2) is 21.1 Å². The predicted molar refractivity (Wildman–Crippen MR) is 62.5 cm³/mol. The van der Waals surface area contributed by atoms with Gasteiger partial charge in [-0.15, -0.1) is 0 Å². The fourth-order valence-electron chi connectivity index (χ4n) is 1.42. The quantitative estimate of drug-likeness (QED) is 0.685. The molecule has 1 aromatic heterocycles. The van der Waals surface area contributed by atoms with Gasteiger partial charge in [0.25, 0.3) is 0 Å². The number of aromatic nitrogens is 2. The first-order valence-corrected chi connectivity index (χ1v) is 4.78. The van der Waals surface area contributed by atoms with Crippen LogP contribution < -0.4 is 5.32 Å². The number of nitrogens with one attached hydrogen (secondary N) is 2. The van der Waals surface area contributed by atoms with Crippen molar-refractivity contribution < 1.29 is 5.11 Å². The van der Waals surface area contributed by atoms with Gasteiger partial charge in [-0.05, 0) is 12.1 Å². The molecule has 0 amide bonds. The molecule has 0 aliphatic heterocycles. The molecule has 0 radical (unpaired) electrons.